The molecule has 0 fully saturated rings. The molecule has 2 aromatic carbocycles. The van der Waals surface area contributed by atoms with Gasteiger partial charge in [0.25, 0.3) is 5.91 Å². The second kappa shape index (κ2) is 7.26. The summed E-state index contributed by atoms with van der Waals surface area (Å²) in [5.74, 6) is 0.270. The van der Waals surface area contributed by atoms with Gasteiger partial charge in [0.2, 0.25) is 0 Å². The molecule has 1 heterocycles. The Kier molecular flexibility index (Phi) is 4.88. The molecule has 1 aromatic heterocycles. The van der Waals surface area contributed by atoms with E-state index in [0.717, 1.165) is 0 Å². The lowest BCUT2D eigenvalue weighted by Gasteiger charge is -2.11. The van der Waals surface area contributed by atoms with E-state index in [4.69, 9.17) is 9.47 Å². The maximum Gasteiger partial charge on any atom is 0.255 e. The van der Waals surface area contributed by atoms with Gasteiger partial charge in [-0.25, -0.2) is 4.39 Å². The molecule has 0 radical (unpaired) electrons. The van der Waals surface area contributed by atoms with Crippen molar-refractivity contribution < 1.29 is 18.7 Å². The smallest absolute Gasteiger partial charge is 0.255 e. The Bertz CT molecular complexity index is 953. The highest BCUT2D eigenvalue weighted by Crippen LogP contribution is 2.31. The first-order chi connectivity index (χ1) is 12.5. The average molecular weight is 355 g/mol. The van der Waals surface area contributed by atoms with Gasteiger partial charge in [0.1, 0.15) is 11.5 Å². The second-order valence-electron chi connectivity index (χ2n) is 5.61. The monoisotopic (exact) mass is 355 g/mol. The molecule has 0 bridgehead atoms. The number of aromatic nitrogens is 2. The van der Waals surface area contributed by atoms with Crippen molar-refractivity contribution in [2.24, 2.45) is 0 Å². The molecule has 26 heavy (non-hydrogen) atoms. The quantitative estimate of drug-likeness (QED) is 0.730. The number of carbonyl (C=O) groups excluding carboxylic acids is 1. The first-order valence-corrected chi connectivity index (χ1v) is 7.87. The predicted octanol–water partition coefficient (Wildman–Crippen LogP) is 3.79. The molecule has 0 aliphatic carbocycles. The minimum Gasteiger partial charge on any atom is -0.493 e. The van der Waals surface area contributed by atoms with E-state index in [0.29, 0.717) is 39.7 Å². The van der Waals surface area contributed by atoms with Crippen LogP contribution in [0.2, 0.25) is 0 Å². The lowest BCUT2D eigenvalue weighted by molar-refractivity contribution is 0.102. The van der Waals surface area contributed by atoms with Gasteiger partial charge >= 0.3 is 0 Å². The Labute approximate surface area is 150 Å². The van der Waals surface area contributed by atoms with Gasteiger partial charge in [-0.1, -0.05) is 12.1 Å². The second-order valence-corrected chi connectivity index (χ2v) is 5.61. The number of amides is 1. The molecule has 0 aliphatic heterocycles. The molecular formula is C19H18FN3O3. The van der Waals surface area contributed by atoms with Crippen LogP contribution in [0, 0.1) is 12.7 Å². The number of H-pyrrole nitrogens is 1. The highest BCUT2D eigenvalue weighted by molar-refractivity contribution is 6.06. The summed E-state index contributed by atoms with van der Waals surface area (Å²) in [6.45, 7) is 1.78. The van der Waals surface area contributed by atoms with Gasteiger partial charge in [0, 0.05) is 11.1 Å². The molecular weight excluding hydrogens is 337 g/mol. The predicted molar refractivity (Wildman–Crippen MR) is 96.2 cm³/mol. The number of hydrogen-bond acceptors (Lipinski definition) is 4. The Hall–Kier alpha value is -3.35. The summed E-state index contributed by atoms with van der Waals surface area (Å²) in [7, 11) is 3.03. The van der Waals surface area contributed by atoms with Gasteiger partial charge in [-0.3, -0.25) is 9.89 Å². The van der Waals surface area contributed by atoms with Crippen molar-refractivity contribution in [3.05, 3.63) is 59.5 Å². The number of nitrogens with one attached hydrogen (secondary N) is 2. The van der Waals surface area contributed by atoms with Gasteiger partial charge in [-0.15, -0.1) is 0 Å². The number of rotatable bonds is 5. The number of methoxy groups -OCH3 is 2. The van der Waals surface area contributed by atoms with E-state index in [1.165, 1.54) is 26.4 Å². The largest absolute Gasteiger partial charge is 0.493 e. The zero-order valence-corrected chi connectivity index (χ0v) is 14.6. The molecule has 6 nitrogen and oxygen atoms in total. The van der Waals surface area contributed by atoms with Crippen LogP contribution >= 0.6 is 0 Å². The molecule has 3 rings (SSSR count). The standard InChI is InChI=1S/C19H18FN3O3/c1-11-17(18(23-22-11)12-5-4-6-14(20)9-12)21-19(24)13-7-8-15(25-2)16(10-13)26-3/h4-10H,1-3H3,(H,21,24)(H,22,23). The molecule has 3 aromatic rings. The van der Waals surface area contributed by atoms with Crippen molar-refractivity contribution in [1.29, 1.82) is 0 Å². The van der Waals surface area contributed by atoms with Gasteiger partial charge in [-0.05, 0) is 37.3 Å². The van der Waals surface area contributed by atoms with Crippen molar-refractivity contribution >= 4 is 11.6 Å². The van der Waals surface area contributed by atoms with E-state index in [9.17, 15) is 9.18 Å². The van der Waals surface area contributed by atoms with Gasteiger partial charge in [-0.2, -0.15) is 5.10 Å². The molecule has 0 spiro atoms. The summed E-state index contributed by atoms with van der Waals surface area (Å²) in [5, 5.41) is 9.84. The third-order valence-electron chi connectivity index (χ3n) is 3.93. The van der Waals surface area contributed by atoms with Crippen LogP contribution in [0.4, 0.5) is 10.1 Å². The molecule has 0 saturated heterocycles. The van der Waals surface area contributed by atoms with E-state index in [2.05, 4.69) is 15.5 Å². The van der Waals surface area contributed by atoms with Gasteiger partial charge in [0.05, 0.1) is 25.6 Å². The number of anilines is 1. The van der Waals surface area contributed by atoms with Gasteiger partial charge in [0.15, 0.2) is 11.5 Å². The number of benzene rings is 2. The van der Waals surface area contributed by atoms with Crippen molar-refractivity contribution in [2.75, 3.05) is 19.5 Å². The number of hydrogen-bond donors (Lipinski definition) is 2. The maximum absolute atomic E-state index is 13.5. The van der Waals surface area contributed by atoms with Crippen molar-refractivity contribution in [2.45, 2.75) is 6.92 Å². The van der Waals surface area contributed by atoms with Crippen LogP contribution in [0.3, 0.4) is 0 Å². The van der Waals surface area contributed by atoms with Crippen LogP contribution in [0.5, 0.6) is 11.5 Å². The number of halogens is 1. The van der Waals surface area contributed by atoms with E-state index in [-0.39, 0.29) is 11.7 Å². The Balaban J connectivity index is 1.92. The van der Waals surface area contributed by atoms with Crippen molar-refractivity contribution in [1.82, 2.24) is 10.2 Å². The third kappa shape index (κ3) is 3.37. The zero-order chi connectivity index (χ0) is 18.7. The number of ether oxygens (including phenoxy) is 2. The fourth-order valence-corrected chi connectivity index (χ4v) is 2.59. The summed E-state index contributed by atoms with van der Waals surface area (Å²) in [6.07, 6.45) is 0. The Morgan fingerprint density at radius 1 is 1.12 bits per heavy atom. The third-order valence-corrected chi connectivity index (χ3v) is 3.93. The molecule has 7 heteroatoms. The first-order valence-electron chi connectivity index (χ1n) is 7.87. The summed E-state index contributed by atoms with van der Waals surface area (Å²) >= 11 is 0. The fourth-order valence-electron chi connectivity index (χ4n) is 2.59. The fraction of sp³-hybridized carbons (Fsp3) is 0.158. The summed E-state index contributed by atoms with van der Waals surface area (Å²) in [4.78, 5) is 12.7. The van der Waals surface area contributed by atoms with E-state index >= 15 is 0 Å². The SMILES string of the molecule is COc1ccc(C(=O)Nc2c(-c3cccc(F)c3)n[nH]c2C)cc1OC. The molecule has 2 N–H and O–H groups in total. The van der Waals surface area contributed by atoms with E-state index in [1.54, 1.807) is 37.3 Å². The van der Waals surface area contributed by atoms with Crippen LogP contribution in [0.1, 0.15) is 16.1 Å². The van der Waals surface area contributed by atoms with E-state index in [1.807, 2.05) is 0 Å². The minimum atomic E-state index is -0.375. The Morgan fingerprint density at radius 3 is 2.58 bits per heavy atom. The molecule has 0 unspecified atom stereocenters. The van der Waals surface area contributed by atoms with Crippen LogP contribution in [0.25, 0.3) is 11.3 Å². The van der Waals surface area contributed by atoms with Crippen molar-refractivity contribution in [3.63, 3.8) is 0 Å². The minimum absolute atomic E-state index is 0.340. The van der Waals surface area contributed by atoms with Crippen LogP contribution in [-0.4, -0.2) is 30.3 Å². The molecule has 0 atom stereocenters. The Morgan fingerprint density at radius 2 is 1.88 bits per heavy atom. The molecule has 0 saturated carbocycles. The van der Waals surface area contributed by atoms with Gasteiger partial charge < -0.3 is 14.8 Å². The average Bonchev–Trinajstić information content (AvgIpc) is 3.01. The highest BCUT2D eigenvalue weighted by atomic mass is 19.1. The normalized spacial score (nSPS) is 10.5. The lowest BCUT2D eigenvalue weighted by atomic mass is 10.1. The van der Waals surface area contributed by atoms with Crippen LogP contribution < -0.4 is 14.8 Å². The summed E-state index contributed by atoms with van der Waals surface area (Å²) in [5.41, 5.74) is 2.59. The molecule has 0 aliphatic rings. The lowest BCUT2D eigenvalue weighted by Crippen LogP contribution is -2.13. The maximum atomic E-state index is 13.5. The van der Waals surface area contributed by atoms with Crippen LogP contribution in [0.15, 0.2) is 42.5 Å². The molecule has 1 amide bonds. The van der Waals surface area contributed by atoms with E-state index < -0.39 is 0 Å². The summed E-state index contributed by atoms with van der Waals surface area (Å²) < 4.78 is 23.9. The molecule has 134 valence electrons. The highest BCUT2D eigenvalue weighted by Gasteiger charge is 2.17. The number of aryl methyl sites for hydroxylation is 1. The first kappa shape index (κ1) is 17.5. The zero-order valence-electron chi connectivity index (χ0n) is 14.6. The topological polar surface area (TPSA) is 76.2 Å². The number of carbonyl (C=O) groups is 1. The number of nitrogens with zero attached hydrogens (tertiary/aromatic N) is 1. The number of aromatic amines is 1. The van der Waals surface area contributed by atoms with Crippen molar-refractivity contribution in [3.8, 4) is 22.8 Å². The summed E-state index contributed by atoms with van der Waals surface area (Å²) in [6, 6.07) is 10.9. The van der Waals surface area contributed by atoms with Crippen LogP contribution in [-0.2, 0) is 0 Å².